The van der Waals surface area contributed by atoms with Crippen LogP contribution in [0.5, 0.6) is 0 Å². The van der Waals surface area contributed by atoms with Crippen LogP contribution in [0.25, 0.3) is 0 Å². The van der Waals surface area contributed by atoms with Gasteiger partial charge in [0.25, 0.3) is 5.91 Å². The monoisotopic (exact) mass is 176 g/mol. The molecule has 0 bridgehead atoms. The Morgan fingerprint density at radius 1 is 1.15 bits per heavy atom. The fraction of sp³-hybridized carbons (Fsp3) is 0.300. The van der Waals surface area contributed by atoms with Gasteiger partial charge in [-0.05, 0) is 26.0 Å². The van der Waals surface area contributed by atoms with E-state index >= 15 is 0 Å². The molecular formula is C10H12N2O. The highest BCUT2D eigenvalue weighted by atomic mass is 16.2. The van der Waals surface area contributed by atoms with Gasteiger partial charge in [0.15, 0.2) is 0 Å². The molecule has 0 aromatic heterocycles. The van der Waals surface area contributed by atoms with Gasteiger partial charge in [0.2, 0.25) is 0 Å². The highest BCUT2D eigenvalue weighted by molar-refractivity contribution is 6.01. The maximum absolute atomic E-state index is 11.6. The highest BCUT2D eigenvalue weighted by Crippen LogP contribution is 2.23. The van der Waals surface area contributed by atoms with Crippen LogP contribution in [-0.2, 0) is 0 Å². The lowest BCUT2D eigenvalue weighted by atomic mass is 10.1. The maximum atomic E-state index is 11.6. The summed E-state index contributed by atoms with van der Waals surface area (Å²) in [5, 5.41) is 6.10. The summed E-state index contributed by atoms with van der Waals surface area (Å²) in [6.45, 7) is 3.86. The number of carbonyl (C=O) groups is 1. The van der Waals surface area contributed by atoms with Gasteiger partial charge in [-0.25, -0.2) is 0 Å². The molecule has 3 heteroatoms. The van der Waals surface area contributed by atoms with E-state index in [1.165, 1.54) is 0 Å². The molecule has 0 aliphatic carbocycles. The molecule has 1 aliphatic rings. The van der Waals surface area contributed by atoms with Crippen molar-refractivity contribution in [2.24, 2.45) is 0 Å². The van der Waals surface area contributed by atoms with Crippen LogP contribution in [0.3, 0.4) is 0 Å². The van der Waals surface area contributed by atoms with Crippen LogP contribution < -0.4 is 10.6 Å². The molecule has 0 unspecified atom stereocenters. The Labute approximate surface area is 77.1 Å². The minimum atomic E-state index is -0.356. The SMILES string of the molecule is CC1(C)NC(=O)c2ccccc2N1. The number of benzene rings is 1. The molecule has 1 aromatic carbocycles. The van der Waals surface area contributed by atoms with Crippen molar-refractivity contribution in [1.82, 2.24) is 5.32 Å². The lowest BCUT2D eigenvalue weighted by Gasteiger charge is -2.34. The summed E-state index contributed by atoms with van der Waals surface area (Å²) in [6.07, 6.45) is 0. The summed E-state index contributed by atoms with van der Waals surface area (Å²) in [7, 11) is 0. The normalized spacial score (nSPS) is 18.5. The molecule has 0 radical (unpaired) electrons. The summed E-state index contributed by atoms with van der Waals surface area (Å²) < 4.78 is 0. The third-order valence-electron chi connectivity index (χ3n) is 2.04. The Morgan fingerprint density at radius 3 is 2.62 bits per heavy atom. The number of para-hydroxylation sites is 1. The van der Waals surface area contributed by atoms with Gasteiger partial charge in [-0.2, -0.15) is 0 Å². The molecule has 2 N–H and O–H groups in total. The molecule has 1 aliphatic heterocycles. The van der Waals surface area contributed by atoms with E-state index in [1.807, 2.05) is 38.1 Å². The minimum Gasteiger partial charge on any atom is -0.363 e. The molecule has 1 amide bonds. The van der Waals surface area contributed by atoms with Crippen molar-refractivity contribution in [3.8, 4) is 0 Å². The summed E-state index contributed by atoms with van der Waals surface area (Å²) in [5.74, 6) is -0.0145. The lowest BCUT2D eigenvalue weighted by molar-refractivity contribution is 0.0914. The molecule has 1 aromatic rings. The van der Waals surface area contributed by atoms with Gasteiger partial charge in [0.1, 0.15) is 5.66 Å². The molecular weight excluding hydrogens is 164 g/mol. The van der Waals surface area contributed by atoms with E-state index in [-0.39, 0.29) is 11.6 Å². The number of hydrogen-bond acceptors (Lipinski definition) is 2. The maximum Gasteiger partial charge on any atom is 0.255 e. The molecule has 0 spiro atoms. The van der Waals surface area contributed by atoms with E-state index in [0.29, 0.717) is 5.56 Å². The first-order valence-electron chi connectivity index (χ1n) is 4.28. The predicted molar refractivity (Wildman–Crippen MR) is 51.6 cm³/mol. The zero-order valence-electron chi connectivity index (χ0n) is 7.72. The number of nitrogens with one attached hydrogen (secondary N) is 2. The summed E-state index contributed by atoms with van der Waals surface area (Å²) in [6, 6.07) is 7.50. The zero-order valence-corrected chi connectivity index (χ0v) is 7.72. The largest absolute Gasteiger partial charge is 0.363 e. The number of anilines is 1. The third kappa shape index (κ3) is 1.37. The van der Waals surface area contributed by atoms with Crippen LogP contribution in [0.15, 0.2) is 24.3 Å². The Bertz CT molecular complexity index is 358. The number of carbonyl (C=O) groups excluding carboxylic acids is 1. The number of rotatable bonds is 0. The minimum absolute atomic E-state index is 0.0145. The quantitative estimate of drug-likeness (QED) is 0.630. The van der Waals surface area contributed by atoms with E-state index < -0.39 is 0 Å². The summed E-state index contributed by atoms with van der Waals surface area (Å²) >= 11 is 0. The van der Waals surface area contributed by atoms with Crippen LogP contribution in [-0.4, -0.2) is 11.6 Å². The Balaban J connectivity index is 2.49. The van der Waals surface area contributed by atoms with E-state index in [9.17, 15) is 4.79 Å². The van der Waals surface area contributed by atoms with Crippen LogP contribution in [0.4, 0.5) is 5.69 Å². The van der Waals surface area contributed by atoms with Gasteiger partial charge >= 0.3 is 0 Å². The first-order valence-corrected chi connectivity index (χ1v) is 4.28. The lowest BCUT2D eigenvalue weighted by Crippen LogP contribution is -2.53. The summed E-state index contributed by atoms with van der Waals surface area (Å²) in [4.78, 5) is 11.6. The topological polar surface area (TPSA) is 41.1 Å². The second kappa shape index (κ2) is 2.49. The predicted octanol–water partition coefficient (Wildman–Crippen LogP) is 1.58. The van der Waals surface area contributed by atoms with Gasteiger partial charge in [-0.3, -0.25) is 4.79 Å². The third-order valence-corrected chi connectivity index (χ3v) is 2.04. The van der Waals surface area contributed by atoms with Crippen molar-refractivity contribution in [3.63, 3.8) is 0 Å². The first-order chi connectivity index (χ1) is 6.08. The molecule has 3 nitrogen and oxygen atoms in total. The van der Waals surface area contributed by atoms with E-state index in [2.05, 4.69) is 10.6 Å². The second-order valence-electron chi connectivity index (χ2n) is 3.75. The molecule has 0 fully saturated rings. The van der Waals surface area contributed by atoms with Gasteiger partial charge in [-0.1, -0.05) is 12.1 Å². The van der Waals surface area contributed by atoms with Gasteiger partial charge in [-0.15, -0.1) is 0 Å². The number of fused-ring (bicyclic) bond motifs is 1. The molecule has 68 valence electrons. The average molecular weight is 176 g/mol. The van der Waals surface area contributed by atoms with Crippen LogP contribution in [0.1, 0.15) is 24.2 Å². The van der Waals surface area contributed by atoms with Crippen molar-refractivity contribution < 1.29 is 4.79 Å². The Kier molecular flexibility index (Phi) is 1.55. The molecule has 1 heterocycles. The first kappa shape index (κ1) is 8.10. The standard InChI is InChI=1S/C10H12N2O/c1-10(2)11-8-6-4-3-5-7(8)9(13)12-10/h3-6,11H,1-2H3,(H,12,13). The van der Waals surface area contributed by atoms with Crippen molar-refractivity contribution in [3.05, 3.63) is 29.8 Å². The highest BCUT2D eigenvalue weighted by Gasteiger charge is 2.28. The van der Waals surface area contributed by atoms with E-state index in [1.54, 1.807) is 0 Å². The van der Waals surface area contributed by atoms with E-state index in [0.717, 1.165) is 5.69 Å². The van der Waals surface area contributed by atoms with Crippen molar-refractivity contribution in [2.75, 3.05) is 5.32 Å². The van der Waals surface area contributed by atoms with Gasteiger partial charge in [0, 0.05) is 5.69 Å². The smallest absolute Gasteiger partial charge is 0.255 e. The van der Waals surface area contributed by atoms with Crippen LogP contribution >= 0.6 is 0 Å². The molecule has 0 saturated carbocycles. The van der Waals surface area contributed by atoms with E-state index in [4.69, 9.17) is 0 Å². The molecule has 13 heavy (non-hydrogen) atoms. The van der Waals surface area contributed by atoms with Crippen molar-refractivity contribution >= 4 is 11.6 Å². The van der Waals surface area contributed by atoms with Gasteiger partial charge < -0.3 is 10.6 Å². The second-order valence-corrected chi connectivity index (χ2v) is 3.75. The number of amides is 1. The molecule has 0 atom stereocenters. The van der Waals surface area contributed by atoms with Crippen molar-refractivity contribution in [1.29, 1.82) is 0 Å². The molecule has 2 rings (SSSR count). The molecule has 0 saturated heterocycles. The average Bonchev–Trinajstić information content (AvgIpc) is 2.02. The fourth-order valence-corrected chi connectivity index (χ4v) is 1.51. The van der Waals surface area contributed by atoms with Crippen LogP contribution in [0, 0.1) is 0 Å². The zero-order chi connectivity index (χ0) is 9.47. The number of hydrogen-bond donors (Lipinski definition) is 2. The van der Waals surface area contributed by atoms with Crippen molar-refractivity contribution in [2.45, 2.75) is 19.5 Å². The van der Waals surface area contributed by atoms with Gasteiger partial charge in [0.05, 0.1) is 5.56 Å². The fourth-order valence-electron chi connectivity index (χ4n) is 1.51. The Hall–Kier alpha value is -1.51. The summed E-state index contributed by atoms with van der Waals surface area (Å²) in [5.41, 5.74) is 1.25. The van der Waals surface area contributed by atoms with Crippen LogP contribution in [0.2, 0.25) is 0 Å². The Morgan fingerprint density at radius 2 is 1.85 bits per heavy atom.